The lowest BCUT2D eigenvalue weighted by Crippen LogP contribution is -2.00. The second-order valence-corrected chi connectivity index (χ2v) is 3.87. The van der Waals surface area contributed by atoms with Crippen molar-refractivity contribution in [2.75, 3.05) is 0 Å². The third-order valence-electron chi connectivity index (χ3n) is 2.63. The molecule has 2 aromatic heterocycles. The molecule has 0 spiro atoms. The third kappa shape index (κ3) is 1.73. The van der Waals surface area contributed by atoms with Gasteiger partial charge in [-0.15, -0.1) is 0 Å². The summed E-state index contributed by atoms with van der Waals surface area (Å²) < 4.78 is 5.61. The Balaban J connectivity index is 2.29. The lowest BCUT2D eigenvalue weighted by molar-refractivity contribution is 0.475. The summed E-state index contributed by atoms with van der Waals surface area (Å²) in [5.74, 6) is 0.458. The Morgan fingerprint density at radius 1 is 1.11 bits per heavy atom. The Morgan fingerprint density at radius 3 is 2.78 bits per heavy atom. The maximum absolute atomic E-state index is 11.9. The molecule has 0 atom stereocenters. The van der Waals surface area contributed by atoms with Crippen LogP contribution in [0.25, 0.3) is 22.4 Å². The van der Waals surface area contributed by atoms with Gasteiger partial charge in [0.2, 0.25) is 0 Å². The topological polar surface area (TPSA) is 63.3 Å². The van der Waals surface area contributed by atoms with Crippen LogP contribution >= 0.6 is 0 Å². The van der Waals surface area contributed by atoms with Crippen molar-refractivity contribution in [2.45, 2.75) is 0 Å². The van der Waals surface area contributed by atoms with Crippen LogP contribution in [0.4, 0.5) is 0 Å². The van der Waals surface area contributed by atoms with Gasteiger partial charge in [-0.2, -0.15) is 0 Å². The van der Waals surface area contributed by atoms with Gasteiger partial charge < -0.3 is 9.52 Å². The number of phenolic OH excluding ortho intramolecular Hbond substituents is 1. The van der Waals surface area contributed by atoms with Crippen LogP contribution in [0, 0.1) is 0 Å². The molecule has 0 aliphatic rings. The second kappa shape index (κ2) is 4.00. The van der Waals surface area contributed by atoms with Crippen LogP contribution in [0.15, 0.2) is 57.9 Å². The Bertz CT molecular complexity index is 763. The zero-order chi connectivity index (χ0) is 12.5. The molecule has 1 N–H and O–H groups in total. The van der Waals surface area contributed by atoms with Crippen molar-refractivity contribution in [3.05, 3.63) is 58.9 Å². The van der Waals surface area contributed by atoms with Gasteiger partial charge in [0.15, 0.2) is 11.2 Å². The molecule has 4 nitrogen and oxygen atoms in total. The van der Waals surface area contributed by atoms with Crippen LogP contribution in [0.3, 0.4) is 0 Å². The molecule has 3 rings (SSSR count). The molecule has 3 aromatic rings. The van der Waals surface area contributed by atoms with Crippen molar-refractivity contribution >= 4 is 11.0 Å². The highest BCUT2D eigenvalue weighted by Gasteiger charge is 2.07. The summed E-state index contributed by atoms with van der Waals surface area (Å²) in [7, 11) is 0. The van der Waals surface area contributed by atoms with Crippen LogP contribution < -0.4 is 5.43 Å². The molecule has 0 radical (unpaired) electrons. The van der Waals surface area contributed by atoms with Gasteiger partial charge in [-0.1, -0.05) is 6.07 Å². The van der Waals surface area contributed by atoms with Gasteiger partial charge in [-0.05, 0) is 30.3 Å². The molecule has 0 unspecified atom stereocenters. The van der Waals surface area contributed by atoms with E-state index in [4.69, 9.17) is 4.42 Å². The largest absolute Gasteiger partial charge is 0.508 e. The molecule has 0 fully saturated rings. The maximum Gasteiger partial charge on any atom is 0.193 e. The number of fused-ring (bicyclic) bond motifs is 1. The minimum Gasteiger partial charge on any atom is -0.508 e. The van der Waals surface area contributed by atoms with E-state index in [1.165, 1.54) is 18.2 Å². The van der Waals surface area contributed by atoms with E-state index in [0.29, 0.717) is 22.4 Å². The number of hydrogen-bond acceptors (Lipinski definition) is 4. The number of hydrogen-bond donors (Lipinski definition) is 1. The molecule has 0 amide bonds. The normalized spacial score (nSPS) is 10.7. The van der Waals surface area contributed by atoms with E-state index in [-0.39, 0.29) is 11.2 Å². The smallest absolute Gasteiger partial charge is 0.193 e. The quantitative estimate of drug-likeness (QED) is 0.708. The Labute approximate surface area is 102 Å². The number of rotatable bonds is 1. The highest BCUT2D eigenvalue weighted by Crippen LogP contribution is 2.22. The minimum absolute atomic E-state index is 0.0420. The molecule has 0 aliphatic carbocycles. The first kappa shape index (κ1) is 10.5. The van der Waals surface area contributed by atoms with Gasteiger partial charge in [-0.3, -0.25) is 9.78 Å². The van der Waals surface area contributed by atoms with Gasteiger partial charge in [0.25, 0.3) is 0 Å². The first-order chi connectivity index (χ1) is 8.74. The zero-order valence-electron chi connectivity index (χ0n) is 9.33. The Kier molecular flexibility index (Phi) is 2.34. The fourth-order valence-electron chi connectivity index (χ4n) is 1.78. The molecule has 0 aliphatic heterocycles. The number of pyridine rings is 1. The first-order valence-electron chi connectivity index (χ1n) is 5.42. The average molecular weight is 239 g/mol. The molecule has 1 aromatic carbocycles. The van der Waals surface area contributed by atoms with Crippen molar-refractivity contribution < 1.29 is 9.52 Å². The highest BCUT2D eigenvalue weighted by atomic mass is 16.3. The van der Waals surface area contributed by atoms with Crippen molar-refractivity contribution in [3.8, 4) is 17.2 Å². The van der Waals surface area contributed by atoms with E-state index in [1.54, 1.807) is 24.4 Å². The lowest BCUT2D eigenvalue weighted by atomic mass is 10.2. The molecule has 0 saturated carbocycles. The lowest BCUT2D eigenvalue weighted by Gasteiger charge is -2.02. The molecular formula is C14H9NO3. The fraction of sp³-hybridized carbons (Fsp3) is 0. The Morgan fingerprint density at radius 2 is 2.00 bits per heavy atom. The van der Waals surface area contributed by atoms with Crippen molar-refractivity contribution in [3.63, 3.8) is 0 Å². The molecule has 88 valence electrons. The summed E-state index contributed by atoms with van der Waals surface area (Å²) in [6, 6.07) is 11.2. The summed E-state index contributed by atoms with van der Waals surface area (Å²) >= 11 is 0. The maximum atomic E-state index is 11.9. The SMILES string of the molecule is O=c1cc(-c2ccccn2)oc2ccc(O)cc12. The van der Waals surface area contributed by atoms with Crippen LogP contribution in [0.2, 0.25) is 0 Å². The standard InChI is InChI=1S/C14H9NO3/c16-9-4-5-13-10(7-9)12(17)8-14(18-13)11-3-1-2-6-15-11/h1-8,16H. The second-order valence-electron chi connectivity index (χ2n) is 3.87. The van der Waals surface area contributed by atoms with Crippen LogP contribution in [-0.4, -0.2) is 10.1 Å². The number of nitrogens with zero attached hydrogens (tertiary/aromatic N) is 1. The van der Waals surface area contributed by atoms with Crippen LogP contribution in [0.5, 0.6) is 5.75 Å². The number of aromatic hydroxyl groups is 1. The van der Waals surface area contributed by atoms with Gasteiger partial charge in [0, 0.05) is 12.3 Å². The van der Waals surface area contributed by atoms with Gasteiger partial charge in [0.1, 0.15) is 17.0 Å². The number of phenols is 1. The molecular weight excluding hydrogens is 230 g/mol. The van der Waals surface area contributed by atoms with Gasteiger partial charge >= 0.3 is 0 Å². The fourth-order valence-corrected chi connectivity index (χ4v) is 1.78. The first-order valence-corrected chi connectivity index (χ1v) is 5.42. The predicted molar refractivity (Wildman–Crippen MR) is 67.4 cm³/mol. The molecule has 2 heterocycles. The Hall–Kier alpha value is -2.62. The van der Waals surface area contributed by atoms with Crippen molar-refractivity contribution in [1.29, 1.82) is 0 Å². The van der Waals surface area contributed by atoms with E-state index < -0.39 is 0 Å². The third-order valence-corrected chi connectivity index (χ3v) is 2.63. The number of benzene rings is 1. The molecule has 0 saturated heterocycles. The van der Waals surface area contributed by atoms with Gasteiger partial charge in [-0.25, -0.2) is 0 Å². The van der Waals surface area contributed by atoms with E-state index in [9.17, 15) is 9.90 Å². The van der Waals surface area contributed by atoms with E-state index in [0.717, 1.165) is 0 Å². The zero-order valence-corrected chi connectivity index (χ0v) is 9.33. The van der Waals surface area contributed by atoms with E-state index in [1.807, 2.05) is 6.07 Å². The van der Waals surface area contributed by atoms with E-state index >= 15 is 0 Å². The average Bonchev–Trinajstić information content (AvgIpc) is 2.40. The molecule has 18 heavy (non-hydrogen) atoms. The van der Waals surface area contributed by atoms with Crippen molar-refractivity contribution in [1.82, 2.24) is 4.98 Å². The predicted octanol–water partition coefficient (Wildman–Crippen LogP) is 2.56. The summed E-state index contributed by atoms with van der Waals surface area (Å²) in [5.41, 5.74) is 0.832. The van der Waals surface area contributed by atoms with E-state index in [2.05, 4.69) is 4.98 Å². The van der Waals surface area contributed by atoms with Crippen molar-refractivity contribution in [2.24, 2.45) is 0 Å². The summed E-state index contributed by atoms with van der Waals surface area (Å²) in [6.45, 7) is 0. The monoisotopic (exact) mass is 239 g/mol. The molecule has 0 bridgehead atoms. The summed E-state index contributed by atoms with van der Waals surface area (Å²) in [5, 5.41) is 9.70. The summed E-state index contributed by atoms with van der Waals surface area (Å²) in [6.07, 6.45) is 1.64. The minimum atomic E-state index is -0.201. The summed E-state index contributed by atoms with van der Waals surface area (Å²) in [4.78, 5) is 16.1. The number of aromatic nitrogens is 1. The van der Waals surface area contributed by atoms with Crippen LogP contribution in [-0.2, 0) is 0 Å². The van der Waals surface area contributed by atoms with Crippen LogP contribution in [0.1, 0.15) is 0 Å². The van der Waals surface area contributed by atoms with Gasteiger partial charge in [0.05, 0.1) is 5.39 Å². The molecule has 4 heteroatoms. The highest BCUT2D eigenvalue weighted by molar-refractivity contribution is 5.79.